The second-order valence-corrected chi connectivity index (χ2v) is 4.87. The summed E-state index contributed by atoms with van der Waals surface area (Å²) in [6.45, 7) is 3.97. The van der Waals surface area contributed by atoms with E-state index in [0.717, 1.165) is 10.9 Å². The molecule has 1 N–H and O–H groups in total. The molecule has 0 aliphatic carbocycles. The lowest BCUT2D eigenvalue weighted by Gasteiger charge is -1.99. The molecule has 0 saturated carbocycles. The molecule has 0 saturated heterocycles. The maximum atomic E-state index is 13.7. The van der Waals surface area contributed by atoms with Crippen LogP contribution < -0.4 is 5.43 Å². The summed E-state index contributed by atoms with van der Waals surface area (Å²) in [7, 11) is 0. The number of hydrogen-bond donors (Lipinski definition) is 1. The molecule has 0 fully saturated rings. The van der Waals surface area contributed by atoms with E-state index in [2.05, 4.69) is 20.7 Å². The quantitative estimate of drug-likeness (QED) is 0.459. The van der Waals surface area contributed by atoms with Crippen LogP contribution in [0.3, 0.4) is 0 Å². The molecule has 2 aromatic rings. The van der Waals surface area contributed by atoms with Crippen molar-refractivity contribution >= 4 is 17.9 Å². The van der Waals surface area contributed by atoms with Gasteiger partial charge in [-0.2, -0.15) is 19.3 Å². The second-order valence-electron chi connectivity index (χ2n) is 4.87. The average Bonchev–Trinajstić information content (AvgIpc) is 3.09. The van der Waals surface area contributed by atoms with Crippen LogP contribution in [0.2, 0.25) is 0 Å². The van der Waals surface area contributed by atoms with Crippen LogP contribution in [0.15, 0.2) is 17.4 Å². The van der Waals surface area contributed by atoms with E-state index in [1.54, 1.807) is 13.8 Å². The van der Waals surface area contributed by atoms with Crippen molar-refractivity contribution in [1.82, 2.24) is 25.0 Å². The van der Waals surface area contributed by atoms with E-state index >= 15 is 0 Å². The average molecular weight is 337 g/mol. The highest BCUT2D eigenvalue weighted by atomic mass is 19.1. The van der Waals surface area contributed by atoms with Crippen molar-refractivity contribution in [1.29, 1.82) is 0 Å². The fourth-order valence-corrected chi connectivity index (χ4v) is 1.94. The molecule has 24 heavy (non-hydrogen) atoms. The lowest BCUT2D eigenvalue weighted by molar-refractivity contribution is -0.389. The molecule has 2 heterocycles. The molecule has 0 atom stereocenters. The first-order chi connectivity index (χ1) is 11.4. The number of hydrazone groups is 1. The highest BCUT2D eigenvalue weighted by Crippen LogP contribution is 2.11. The number of carbonyl (C=O) groups is 1. The van der Waals surface area contributed by atoms with Gasteiger partial charge in [0.15, 0.2) is 0 Å². The lowest BCUT2D eigenvalue weighted by Crippen LogP contribution is -2.20. The predicted molar refractivity (Wildman–Crippen MR) is 81.8 cm³/mol. The van der Waals surface area contributed by atoms with Crippen molar-refractivity contribution in [3.63, 3.8) is 0 Å². The van der Waals surface area contributed by atoms with Crippen molar-refractivity contribution in [3.8, 4) is 0 Å². The van der Waals surface area contributed by atoms with Gasteiger partial charge in [-0.1, -0.05) is 0 Å². The molecule has 0 unspecified atom stereocenters. The molecule has 0 bridgehead atoms. The number of halogens is 1. The SMILES string of the molecule is CCn1ncc(C=NNC(=O)CCn2nc([N+](=O)[O-])cc2C)c1F. The van der Waals surface area contributed by atoms with E-state index in [1.807, 2.05) is 0 Å². The van der Waals surface area contributed by atoms with Gasteiger partial charge >= 0.3 is 5.82 Å². The van der Waals surface area contributed by atoms with Gasteiger partial charge in [0.1, 0.15) is 0 Å². The van der Waals surface area contributed by atoms with E-state index in [1.165, 1.54) is 16.9 Å². The van der Waals surface area contributed by atoms with Crippen molar-refractivity contribution in [2.75, 3.05) is 0 Å². The van der Waals surface area contributed by atoms with Gasteiger partial charge in [-0.15, -0.1) is 0 Å². The number of carbonyl (C=O) groups excluding carboxylic acids is 1. The summed E-state index contributed by atoms with van der Waals surface area (Å²) in [4.78, 5) is 21.7. The van der Waals surface area contributed by atoms with Crippen LogP contribution in [0.4, 0.5) is 10.2 Å². The molecule has 0 aliphatic heterocycles. The predicted octanol–water partition coefficient (Wildman–Crippen LogP) is 0.996. The number of nitro groups is 1. The van der Waals surface area contributed by atoms with E-state index in [4.69, 9.17) is 0 Å². The van der Waals surface area contributed by atoms with E-state index in [9.17, 15) is 19.3 Å². The van der Waals surface area contributed by atoms with Gasteiger partial charge in [0.2, 0.25) is 11.9 Å². The zero-order chi connectivity index (χ0) is 17.7. The third-order valence-corrected chi connectivity index (χ3v) is 3.20. The summed E-state index contributed by atoms with van der Waals surface area (Å²) in [5.41, 5.74) is 3.00. The molecule has 1 amide bonds. The number of hydrogen-bond acceptors (Lipinski definition) is 6. The summed E-state index contributed by atoms with van der Waals surface area (Å²) in [6, 6.07) is 1.32. The van der Waals surface area contributed by atoms with Crippen molar-refractivity contribution in [2.45, 2.75) is 33.4 Å². The van der Waals surface area contributed by atoms with Gasteiger partial charge in [0.05, 0.1) is 41.4 Å². The Bertz CT molecular complexity index is 781. The highest BCUT2D eigenvalue weighted by molar-refractivity contribution is 5.82. The molecule has 11 heteroatoms. The molecule has 0 aliphatic rings. The summed E-state index contributed by atoms with van der Waals surface area (Å²) in [5, 5.41) is 21.9. The minimum Gasteiger partial charge on any atom is -0.358 e. The fraction of sp³-hybridized carbons (Fsp3) is 0.385. The summed E-state index contributed by atoms with van der Waals surface area (Å²) < 4.78 is 16.2. The molecule has 0 radical (unpaired) electrons. The molecule has 0 spiro atoms. The van der Waals surface area contributed by atoms with Crippen molar-refractivity contribution < 1.29 is 14.1 Å². The van der Waals surface area contributed by atoms with Crippen LogP contribution >= 0.6 is 0 Å². The molecule has 2 rings (SSSR count). The number of aryl methyl sites for hydroxylation is 3. The third-order valence-electron chi connectivity index (χ3n) is 3.20. The third kappa shape index (κ3) is 4.00. The Balaban J connectivity index is 1.86. The van der Waals surface area contributed by atoms with Gasteiger partial charge < -0.3 is 10.1 Å². The van der Waals surface area contributed by atoms with Gasteiger partial charge in [0.25, 0.3) is 0 Å². The van der Waals surface area contributed by atoms with Crippen molar-refractivity contribution in [3.05, 3.63) is 39.6 Å². The minimum absolute atomic E-state index is 0.0215. The first-order valence-electron chi connectivity index (χ1n) is 7.14. The van der Waals surface area contributed by atoms with E-state index < -0.39 is 16.8 Å². The molecule has 128 valence electrons. The Kier molecular flexibility index (Phi) is 5.35. The standard InChI is InChI=1S/C13H16FN7O3/c1-3-19-13(14)10(8-16-19)7-15-17-12(22)4-5-20-9(2)6-11(18-20)21(23)24/h6-8H,3-5H2,1-2H3,(H,17,22). The minimum atomic E-state index is -0.598. The van der Waals surface area contributed by atoms with Crippen LogP contribution in [-0.4, -0.2) is 36.6 Å². The van der Waals surface area contributed by atoms with Crippen LogP contribution in [0, 0.1) is 23.0 Å². The zero-order valence-electron chi connectivity index (χ0n) is 13.1. The first kappa shape index (κ1) is 17.2. The molecule has 10 nitrogen and oxygen atoms in total. The topological polar surface area (TPSA) is 120 Å². The number of amides is 1. The fourth-order valence-electron chi connectivity index (χ4n) is 1.94. The Morgan fingerprint density at radius 1 is 1.54 bits per heavy atom. The maximum absolute atomic E-state index is 13.7. The Morgan fingerprint density at radius 2 is 2.29 bits per heavy atom. The van der Waals surface area contributed by atoms with Gasteiger partial charge in [-0.3, -0.25) is 4.79 Å². The van der Waals surface area contributed by atoms with Crippen LogP contribution in [0.25, 0.3) is 0 Å². The zero-order valence-corrected chi connectivity index (χ0v) is 13.1. The first-order valence-corrected chi connectivity index (χ1v) is 7.14. The number of nitrogens with one attached hydrogen (secondary N) is 1. The Labute approximate surface area is 136 Å². The summed E-state index contributed by atoms with van der Waals surface area (Å²) in [5.74, 6) is -1.23. The van der Waals surface area contributed by atoms with Gasteiger partial charge in [0, 0.05) is 13.0 Å². The van der Waals surface area contributed by atoms with E-state index in [0.29, 0.717) is 12.2 Å². The normalized spacial score (nSPS) is 11.1. The van der Waals surface area contributed by atoms with Crippen LogP contribution in [0.1, 0.15) is 24.6 Å². The lowest BCUT2D eigenvalue weighted by atomic mass is 10.4. The number of rotatable bonds is 7. The maximum Gasteiger partial charge on any atom is 0.390 e. The Morgan fingerprint density at radius 3 is 2.88 bits per heavy atom. The van der Waals surface area contributed by atoms with Gasteiger partial charge in [-0.25, -0.2) is 10.1 Å². The summed E-state index contributed by atoms with van der Waals surface area (Å²) >= 11 is 0. The molecular weight excluding hydrogens is 321 g/mol. The summed E-state index contributed by atoms with van der Waals surface area (Å²) in [6.07, 6.45) is 2.49. The molecule has 0 aromatic carbocycles. The Hall–Kier alpha value is -3.11. The highest BCUT2D eigenvalue weighted by Gasteiger charge is 2.15. The van der Waals surface area contributed by atoms with E-state index in [-0.39, 0.29) is 24.3 Å². The number of aromatic nitrogens is 4. The molecule has 2 aromatic heterocycles. The second kappa shape index (κ2) is 7.44. The van der Waals surface area contributed by atoms with Crippen LogP contribution in [0.5, 0.6) is 0 Å². The van der Waals surface area contributed by atoms with Crippen molar-refractivity contribution in [2.24, 2.45) is 5.10 Å². The van der Waals surface area contributed by atoms with Crippen LogP contribution in [-0.2, 0) is 17.9 Å². The number of nitrogens with zero attached hydrogens (tertiary/aromatic N) is 6. The molecular formula is C13H16FN7O3. The van der Waals surface area contributed by atoms with Gasteiger partial charge in [-0.05, 0) is 18.8 Å². The smallest absolute Gasteiger partial charge is 0.358 e. The largest absolute Gasteiger partial charge is 0.390 e. The monoisotopic (exact) mass is 337 g/mol.